The highest BCUT2D eigenvalue weighted by atomic mass is 35.5. The van der Waals surface area contributed by atoms with Gasteiger partial charge in [0.2, 0.25) is 10.0 Å². The van der Waals surface area contributed by atoms with Crippen molar-refractivity contribution in [2.75, 3.05) is 26.2 Å². The van der Waals surface area contributed by atoms with E-state index in [2.05, 4.69) is 13.8 Å². The molecule has 4 nitrogen and oxygen atoms in total. The number of hydrogen-bond acceptors (Lipinski definition) is 2. The van der Waals surface area contributed by atoms with E-state index in [1.165, 1.54) is 4.90 Å². The first-order valence-corrected chi connectivity index (χ1v) is 8.33. The molecule has 0 amide bonds. The van der Waals surface area contributed by atoms with Gasteiger partial charge >= 0.3 is 0 Å². The fourth-order valence-corrected chi connectivity index (χ4v) is 3.91. The summed E-state index contributed by atoms with van der Waals surface area (Å²) in [5.74, 6) is 0. The van der Waals surface area contributed by atoms with Crippen LogP contribution in [-0.4, -0.2) is 44.9 Å². The third-order valence-electron chi connectivity index (χ3n) is 3.63. The molecule has 0 saturated carbocycles. The topological polar surface area (TPSA) is 41.8 Å². The van der Waals surface area contributed by atoms with Crippen molar-refractivity contribution in [3.05, 3.63) is 29.3 Å². The summed E-state index contributed by atoms with van der Waals surface area (Å²) in [5.41, 5.74) is 0. The summed E-state index contributed by atoms with van der Waals surface area (Å²) >= 11 is 5.79. The normalized spacial score (nSPS) is 18.9. The zero-order chi connectivity index (χ0) is 14.0. The van der Waals surface area contributed by atoms with Gasteiger partial charge in [-0.3, -0.25) is 0 Å². The van der Waals surface area contributed by atoms with E-state index < -0.39 is 10.0 Å². The fraction of sp³-hybridized carbons (Fsp3) is 0.538. The van der Waals surface area contributed by atoms with Crippen LogP contribution in [0.5, 0.6) is 0 Å². The molecular formula is C13H20ClN2O2S+. The van der Waals surface area contributed by atoms with E-state index in [4.69, 9.17) is 11.6 Å². The highest BCUT2D eigenvalue weighted by molar-refractivity contribution is 7.89. The lowest BCUT2D eigenvalue weighted by Crippen LogP contribution is -3.17. The molecule has 1 fully saturated rings. The summed E-state index contributed by atoms with van der Waals surface area (Å²) < 4.78 is 26.5. The van der Waals surface area contributed by atoms with Gasteiger partial charge in [-0.25, -0.2) is 8.42 Å². The standard InChI is InChI=1S/C13H19ClN2O2S/c1-11(2)15-7-9-16(10-8-15)19(17,18)13-5-3-12(14)4-6-13/h3-6,11H,7-10H2,1-2H3/p+1. The molecule has 1 aliphatic heterocycles. The largest absolute Gasteiger partial charge is 0.331 e. The summed E-state index contributed by atoms with van der Waals surface area (Å²) in [6.45, 7) is 7.23. The van der Waals surface area contributed by atoms with Gasteiger partial charge in [0.25, 0.3) is 0 Å². The quantitative estimate of drug-likeness (QED) is 0.890. The van der Waals surface area contributed by atoms with Gasteiger partial charge in [-0.2, -0.15) is 4.31 Å². The second kappa shape index (κ2) is 5.79. The number of nitrogens with one attached hydrogen (secondary N) is 1. The average Bonchev–Trinajstić information content (AvgIpc) is 2.39. The van der Waals surface area contributed by atoms with Crippen molar-refractivity contribution in [2.24, 2.45) is 0 Å². The summed E-state index contributed by atoms with van der Waals surface area (Å²) in [5, 5.41) is 0.549. The maximum Gasteiger partial charge on any atom is 0.243 e. The lowest BCUT2D eigenvalue weighted by Gasteiger charge is -2.33. The highest BCUT2D eigenvalue weighted by Crippen LogP contribution is 2.18. The van der Waals surface area contributed by atoms with Crippen LogP contribution in [0.15, 0.2) is 29.2 Å². The van der Waals surface area contributed by atoms with E-state index in [9.17, 15) is 8.42 Å². The number of halogens is 1. The summed E-state index contributed by atoms with van der Waals surface area (Å²) in [4.78, 5) is 1.78. The highest BCUT2D eigenvalue weighted by Gasteiger charge is 2.31. The summed E-state index contributed by atoms with van der Waals surface area (Å²) in [6, 6.07) is 6.91. The monoisotopic (exact) mass is 303 g/mol. The van der Waals surface area contributed by atoms with Gasteiger partial charge < -0.3 is 4.90 Å². The Bertz CT molecular complexity index is 520. The van der Waals surface area contributed by atoms with Crippen molar-refractivity contribution in [3.63, 3.8) is 0 Å². The van der Waals surface area contributed by atoms with Crippen LogP contribution in [0, 0.1) is 0 Å². The van der Waals surface area contributed by atoms with E-state index in [1.807, 2.05) is 0 Å². The minimum absolute atomic E-state index is 0.324. The molecule has 1 saturated heterocycles. The fourth-order valence-electron chi connectivity index (χ4n) is 2.35. The van der Waals surface area contributed by atoms with Crippen LogP contribution in [-0.2, 0) is 10.0 Å². The Morgan fingerprint density at radius 3 is 2.16 bits per heavy atom. The molecule has 0 aliphatic carbocycles. The lowest BCUT2D eigenvalue weighted by atomic mass is 10.3. The Balaban J connectivity index is 2.12. The summed E-state index contributed by atoms with van der Waals surface area (Å²) in [6.07, 6.45) is 0. The molecule has 2 rings (SSSR count). The molecule has 1 aromatic carbocycles. The van der Waals surface area contributed by atoms with Crippen LogP contribution in [0.3, 0.4) is 0 Å². The molecule has 0 spiro atoms. The van der Waals surface area contributed by atoms with Gasteiger partial charge in [0.1, 0.15) is 0 Å². The number of benzene rings is 1. The van der Waals surface area contributed by atoms with Gasteiger partial charge in [-0.15, -0.1) is 0 Å². The maximum atomic E-state index is 12.4. The second-order valence-corrected chi connectivity index (χ2v) is 7.55. The van der Waals surface area contributed by atoms with E-state index >= 15 is 0 Å². The lowest BCUT2D eigenvalue weighted by molar-refractivity contribution is -0.924. The van der Waals surface area contributed by atoms with Crippen molar-refractivity contribution in [1.82, 2.24) is 4.31 Å². The van der Waals surface area contributed by atoms with E-state index in [0.717, 1.165) is 13.1 Å². The zero-order valence-electron chi connectivity index (χ0n) is 11.3. The predicted molar refractivity (Wildman–Crippen MR) is 76.0 cm³/mol. The van der Waals surface area contributed by atoms with Gasteiger partial charge in [-0.05, 0) is 38.1 Å². The average molecular weight is 304 g/mol. The Hall–Kier alpha value is -0.620. The molecule has 1 N–H and O–H groups in total. The zero-order valence-corrected chi connectivity index (χ0v) is 12.8. The molecule has 0 atom stereocenters. The third kappa shape index (κ3) is 3.28. The number of piperazine rings is 1. The van der Waals surface area contributed by atoms with E-state index in [-0.39, 0.29) is 0 Å². The third-order valence-corrected chi connectivity index (χ3v) is 5.80. The van der Waals surface area contributed by atoms with Gasteiger partial charge in [0, 0.05) is 5.02 Å². The molecule has 106 valence electrons. The molecule has 0 radical (unpaired) electrons. The van der Waals surface area contributed by atoms with E-state index in [0.29, 0.717) is 29.0 Å². The molecule has 0 unspecified atom stereocenters. The van der Waals surface area contributed by atoms with Crippen molar-refractivity contribution in [3.8, 4) is 0 Å². The van der Waals surface area contributed by atoms with Crippen LogP contribution in [0.4, 0.5) is 0 Å². The van der Waals surface area contributed by atoms with Crippen molar-refractivity contribution >= 4 is 21.6 Å². The van der Waals surface area contributed by atoms with Gasteiger partial charge in [0.05, 0.1) is 37.1 Å². The molecule has 1 aliphatic rings. The van der Waals surface area contributed by atoms with Crippen LogP contribution in [0.25, 0.3) is 0 Å². The molecule has 0 aromatic heterocycles. The predicted octanol–water partition coefficient (Wildman–Crippen LogP) is 0.638. The Kier molecular flexibility index (Phi) is 4.50. The van der Waals surface area contributed by atoms with Crippen molar-refractivity contribution < 1.29 is 13.3 Å². The maximum absolute atomic E-state index is 12.4. The molecule has 1 heterocycles. The molecule has 0 bridgehead atoms. The Morgan fingerprint density at radius 2 is 1.68 bits per heavy atom. The minimum Gasteiger partial charge on any atom is -0.331 e. The van der Waals surface area contributed by atoms with Crippen molar-refractivity contribution in [2.45, 2.75) is 24.8 Å². The number of hydrogen-bond donors (Lipinski definition) is 1. The van der Waals surface area contributed by atoms with Crippen LogP contribution < -0.4 is 4.90 Å². The number of quaternary nitrogens is 1. The molecule has 19 heavy (non-hydrogen) atoms. The van der Waals surface area contributed by atoms with Crippen molar-refractivity contribution in [1.29, 1.82) is 0 Å². The smallest absolute Gasteiger partial charge is 0.243 e. The first-order chi connectivity index (χ1) is 8.91. The molecular weight excluding hydrogens is 284 g/mol. The Labute approximate surface area is 120 Å². The van der Waals surface area contributed by atoms with Crippen LogP contribution >= 0.6 is 11.6 Å². The van der Waals surface area contributed by atoms with Crippen LogP contribution in [0.2, 0.25) is 5.02 Å². The number of nitrogens with zero attached hydrogens (tertiary/aromatic N) is 1. The van der Waals surface area contributed by atoms with E-state index in [1.54, 1.807) is 28.6 Å². The number of rotatable bonds is 3. The SMILES string of the molecule is CC(C)[NH+]1CCN(S(=O)(=O)c2ccc(Cl)cc2)CC1. The Morgan fingerprint density at radius 1 is 1.16 bits per heavy atom. The first kappa shape index (κ1) is 14.8. The molecule has 1 aromatic rings. The van der Waals surface area contributed by atoms with Gasteiger partial charge in [-0.1, -0.05) is 11.6 Å². The molecule has 6 heteroatoms. The first-order valence-electron chi connectivity index (χ1n) is 6.51. The van der Waals surface area contributed by atoms with Crippen LogP contribution in [0.1, 0.15) is 13.8 Å². The second-order valence-electron chi connectivity index (χ2n) is 5.17. The minimum atomic E-state index is -3.37. The summed E-state index contributed by atoms with van der Waals surface area (Å²) in [7, 11) is -3.37. The van der Waals surface area contributed by atoms with Gasteiger partial charge in [0.15, 0.2) is 0 Å². The number of sulfonamides is 1.